The number of benzene rings is 1. The van der Waals surface area contributed by atoms with Crippen LogP contribution in [0.4, 0.5) is 0 Å². The summed E-state index contributed by atoms with van der Waals surface area (Å²) in [5, 5.41) is 13.5. The van der Waals surface area contributed by atoms with E-state index >= 15 is 0 Å². The van der Waals surface area contributed by atoms with Gasteiger partial charge >= 0.3 is 0 Å². The minimum Gasteiger partial charge on any atom is -0.490 e. The van der Waals surface area contributed by atoms with Gasteiger partial charge in [-0.15, -0.1) is 0 Å². The molecule has 0 saturated carbocycles. The number of rotatable bonds is 5. The summed E-state index contributed by atoms with van der Waals surface area (Å²) in [7, 11) is 0. The molecule has 104 valence electrons. The van der Waals surface area contributed by atoms with Gasteiger partial charge in [-0.05, 0) is 38.0 Å². The molecule has 0 fully saturated rings. The van der Waals surface area contributed by atoms with E-state index in [1.165, 1.54) is 11.3 Å². The van der Waals surface area contributed by atoms with Crippen LogP contribution in [0.15, 0.2) is 24.3 Å². The van der Waals surface area contributed by atoms with Gasteiger partial charge in [-0.1, -0.05) is 19.1 Å². The van der Waals surface area contributed by atoms with Crippen LogP contribution in [0.1, 0.15) is 29.4 Å². The van der Waals surface area contributed by atoms with E-state index < -0.39 is 0 Å². The minimum absolute atomic E-state index is 0.504. The molecule has 0 aliphatic carbocycles. The SMILES string of the molecule is CCc1c(C)nn(CCOc2ccccc2C#N)c1C. The summed E-state index contributed by atoms with van der Waals surface area (Å²) < 4.78 is 7.66. The standard InChI is InChI=1S/C16H19N3O/c1-4-15-12(2)18-19(13(15)3)9-10-20-16-8-6-5-7-14(16)11-17/h5-8H,4,9-10H2,1-3H3. The molecular weight excluding hydrogens is 250 g/mol. The molecule has 2 aromatic rings. The van der Waals surface area contributed by atoms with Gasteiger partial charge in [-0.25, -0.2) is 0 Å². The molecular formula is C16H19N3O. The molecule has 1 heterocycles. The highest BCUT2D eigenvalue weighted by molar-refractivity contribution is 5.42. The zero-order valence-corrected chi connectivity index (χ0v) is 12.2. The second-order valence-corrected chi connectivity index (χ2v) is 4.68. The fraction of sp³-hybridized carbons (Fsp3) is 0.375. The number of ether oxygens (including phenoxy) is 1. The molecule has 2 rings (SSSR count). The molecule has 1 aromatic heterocycles. The van der Waals surface area contributed by atoms with Crippen molar-refractivity contribution in [2.45, 2.75) is 33.7 Å². The maximum absolute atomic E-state index is 9.00. The van der Waals surface area contributed by atoms with Crippen LogP contribution in [0.3, 0.4) is 0 Å². The molecule has 0 aliphatic heterocycles. The summed E-state index contributed by atoms with van der Waals surface area (Å²) >= 11 is 0. The smallest absolute Gasteiger partial charge is 0.137 e. The lowest BCUT2D eigenvalue weighted by Gasteiger charge is -2.09. The van der Waals surface area contributed by atoms with E-state index in [-0.39, 0.29) is 0 Å². The Bertz CT molecular complexity index is 638. The van der Waals surface area contributed by atoms with Crippen molar-refractivity contribution in [1.29, 1.82) is 5.26 Å². The zero-order chi connectivity index (χ0) is 14.5. The molecule has 0 radical (unpaired) electrons. The van der Waals surface area contributed by atoms with Gasteiger partial charge in [0.2, 0.25) is 0 Å². The van der Waals surface area contributed by atoms with E-state index in [1.807, 2.05) is 29.8 Å². The Morgan fingerprint density at radius 2 is 2.05 bits per heavy atom. The fourth-order valence-electron chi connectivity index (χ4n) is 2.39. The Kier molecular flexibility index (Phi) is 4.41. The Hall–Kier alpha value is -2.28. The van der Waals surface area contributed by atoms with Gasteiger partial charge in [0.25, 0.3) is 0 Å². The van der Waals surface area contributed by atoms with Crippen LogP contribution in [0.2, 0.25) is 0 Å². The van der Waals surface area contributed by atoms with Crippen LogP contribution in [-0.2, 0) is 13.0 Å². The van der Waals surface area contributed by atoms with E-state index in [4.69, 9.17) is 10.00 Å². The van der Waals surface area contributed by atoms with Crippen molar-refractivity contribution < 1.29 is 4.74 Å². The van der Waals surface area contributed by atoms with Crippen molar-refractivity contribution in [3.63, 3.8) is 0 Å². The Labute approximate surface area is 119 Å². The molecule has 0 N–H and O–H groups in total. The maximum atomic E-state index is 9.00. The molecule has 0 saturated heterocycles. The number of hydrogen-bond acceptors (Lipinski definition) is 3. The normalized spacial score (nSPS) is 10.3. The number of hydrogen-bond donors (Lipinski definition) is 0. The molecule has 1 aromatic carbocycles. The number of aryl methyl sites for hydroxylation is 1. The molecule has 0 unspecified atom stereocenters. The van der Waals surface area contributed by atoms with Crippen molar-refractivity contribution >= 4 is 0 Å². The van der Waals surface area contributed by atoms with Crippen molar-refractivity contribution in [1.82, 2.24) is 9.78 Å². The third-order valence-corrected chi connectivity index (χ3v) is 3.45. The first-order valence-corrected chi connectivity index (χ1v) is 6.82. The fourth-order valence-corrected chi connectivity index (χ4v) is 2.39. The molecule has 20 heavy (non-hydrogen) atoms. The van der Waals surface area contributed by atoms with Crippen LogP contribution in [0.25, 0.3) is 0 Å². The van der Waals surface area contributed by atoms with Crippen LogP contribution in [0.5, 0.6) is 5.75 Å². The van der Waals surface area contributed by atoms with Gasteiger partial charge in [0.05, 0.1) is 17.8 Å². The van der Waals surface area contributed by atoms with Crippen molar-refractivity contribution in [3.05, 3.63) is 46.8 Å². The first-order valence-electron chi connectivity index (χ1n) is 6.82. The molecule has 0 amide bonds. The zero-order valence-electron chi connectivity index (χ0n) is 12.2. The highest BCUT2D eigenvalue weighted by atomic mass is 16.5. The molecule has 0 spiro atoms. The van der Waals surface area contributed by atoms with Gasteiger partial charge in [0.1, 0.15) is 18.4 Å². The number of para-hydroxylation sites is 1. The van der Waals surface area contributed by atoms with Crippen LogP contribution in [0, 0.1) is 25.2 Å². The Morgan fingerprint density at radius 3 is 2.70 bits per heavy atom. The van der Waals surface area contributed by atoms with Crippen LogP contribution >= 0.6 is 0 Å². The van der Waals surface area contributed by atoms with Gasteiger partial charge in [-0.2, -0.15) is 10.4 Å². The summed E-state index contributed by atoms with van der Waals surface area (Å²) in [6.07, 6.45) is 0.996. The molecule has 0 aliphatic rings. The lowest BCUT2D eigenvalue weighted by Crippen LogP contribution is -2.11. The van der Waals surface area contributed by atoms with Gasteiger partial charge in [-0.3, -0.25) is 4.68 Å². The van der Waals surface area contributed by atoms with Gasteiger partial charge < -0.3 is 4.74 Å². The predicted molar refractivity (Wildman–Crippen MR) is 77.7 cm³/mol. The summed E-state index contributed by atoms with van der Waals surface area (Å²) in [6.45, 7) is 7.45. The molecule has 4 heteroatoms. The quantitative estimate of drug-likeness (QED) is 0.838. The van der Waals surface area contributed by atoms with Gasteiger partial charge in [0, 0.05) is 5.69 Å². The maximum Gasteiger partial charge on any atom is 0.137 e. The molecule has 0 bridgehead atoms. The summed E-state index contributed by atoms with van der Waals surface area (Å²) in [5.74, 6) is 0.632. The summed E-state index contributed by atoms with van der Waals surface area (Å²) in [6, 6.07) is 9.41. The number of nitriles is 1. The van der Waals surface area contributed by atoms with E-state index in [2.05, 4.69) is 25.0 Å². The lowest BCUT2D eigenvalue weighted by atomic mass is 10.1. The van der Waals surface area contributed by atoms with E-state index in [9.17, 15) is 0 Å². The van der Waals surface area contributed by atoms with E-state index in [0.29, 0.717) is 24.5 Å². The summed E-state index contributed by atoms with van der Waals surface area (Å²) in [5.41, 5.74) is 4.15. The highest BCUT2D eigenvalue weighted by Gasteiger charge is 2.09. The van der Waals surface area contributed by atoms with Crippen LogP contribution in [-0.4, -0.2) is 16.4 Å². The first-order chi connectivity index (χ1) is 9.67. The number of aromatic nitrogens is 2. The van der Waals surface area contributed by atoms with Crippen molar-refractivity contribution in [2.24, 2.45) is 0 Å². The minimum atomic E-state index is 0.504. The van der Waals surface area contributed by atoms with E-state index in [1.54, 1.807) is 6.07 Å². The average Bonchev–Trinajstić information content (AvgIpc) is 2.73. The second-order valence-electron chi connectivity index (χ2n) is 4.68. The largest absolute Gasteiger partial charge is 0.490 e. The third-order valence-electron chi connectivity index (χ3n) is 3.45. The summed E-state index contributed by atoms with van der Waals surface area (Å²) in [4.78, 5) is 0. The third kappa shape index (κ3) is 2.83. The lowest BCUT2D eigenvalue weighted by molar-refractivity contribution is 0.289. The molecule has 0 atom stereocenters. The molecule has 4 nitrogen and oxygen atoms in total. The van der Waals surface area contributed by atoms with E-state index in [0.717, 1.165) is 12.1 Å². The predicted octanol–water partition coefficient (Wildman–Crippen LogP) is 3.01. The second kappa shape index (κ2) is 6.25. The first kappa shape index (κ1) is 14.1. The van der Waals surface area contributed by atoms with Crippen LogP contribution < -0.4 is 4.74 Å². The van der Waals surface area contributed by atoms with Crippen molar-refractivity contribution in [3.8, 4) is 11.8 Å². The average molecular weight is 269 g/mol. The Morgan fingerprint density at radius 1 is 1.30 bits per heavy atom. The number of nitrogens with zero attached hydrogens (tertiary/aromatic N) is 3. The Balaban J connectivity index is 2.02. The highest BCUT2D eigenvalue weighted by Crippen LogP contribution is 2.17. The van der Waals surface area contributed by atoms with Gasteiger partial charge in [0.15, 0.2) is 0 Å². The topological polar surface area (TPSA) is 50.8 Å². The monoisotopic (exact) mass is 269 g/mol. The van der Waals surface area contributed by atoms with Crippen molar-refractivity contribution in [2.75, 3.05) is 6.61 Å².